The predicted octanol–water partition coefficient (Wildman–Crippen LogP) is 3.76. The quantitative estimate of drug-likeness (QED) is 0.676. The van der Waals surface area contributed by atoms with Crippen molar-refractivity contribution in [2.45, 2.75) is 31.8 Å². The Morgan fingerprint density at radius 1 is 1.13 bits per heavy atom. The van der Waals surface area contributed by atoms with Gasteiger partial charge in [0.25, 0.3) is 0 Å². The first-order chi connectivity index (χ1) is 14.6. The lowest BCUT2D eigenvalue weighted by molar-refractivity contribution is 0.153. The number of amides is 1. The molecule has 4 rings (SSSR count). The van der Waals surface area contributed by atoms with Crippen LogP contribution in [0.5, 0.6) is 0 Å². The van der Waals surface area contributed by atoms with Crippen LogP contribution >= 0.6 is 0 Å². The van der Waals surface area contributed by atoms with Crippen LogP contribution in [0.1, 0.15) is 35.6 Å². The van der Waals surface area contributed by atoms with Crippen molar-refractivity contribution in [3.05, 3.63) is 77.6 Å². The molecule has 2 aromatic carbocycles. The highest BCUT2D eigenvalue weighted by molar-refractivity contribution is 5.64. The summed E-state index contributed by atoms with van der Waals surface area (Å²) in [5, 5.41) is 17.7. The molecule has 0 spiro atoms. The number of piperidine rings is 1. The van der Waals surface area contributed by atoms with E-state index in [1.807, 2.05) is 53.3 Å². The molecule has 1 aliphatic rings. The lowest BCUT2D eigenvalue weighted by Crippen LogP contribution is -2.32. The van der Waals surface area contributed by atoms with Crippen LogP contribution in [0.15, 0.2) is 60.8 Å². The first-order valence-corrected chi connectivity index (χ1v) is 10.3. The van der Waals surface area contributed by atoms with Gasteiger partial charge in [-0.25, -0.2) is 9.48 Å². The summed E-state index contributed by atoms with van der Waals surface area (Å²) in [4.78, 5) is 14.8. The van der Waals surface area contributed by atoms with Gasteiger partial charge in [0.1, 0.15) is 0 Å². The van der Waals surface area contributed by atoms with Crippen molar-refractivity contribution in [1.82, 2.24) is 24.8 Å². The maximum Gasteiger partial charge on any atom is 0.407 e. The fourth-order valence-corrected chi connectivity index (χ4v) is 4.02. The van der Waals surface area contributed by atoms with Crippen LogP contribution in [0.3, 0.4) is 0 Å². The van der Waals surface area contributed by atoms with Gasteiger partial charge in [-0.15, -0.1) is 5.10 Å². The summed E-state index contributed by atoms with van der Waals surface area (Å²) in [7, 11) is 1.60. The van der Waals surface area contributed by atoms with Gasteiger partial charge in [-0.1, -0.05) is 47.7 Å². The molecule has 0 radical (unpaired) electrons. The Labute approximate surface area is 176 Å². The molecular formula is C23H27N5O2. The highest BCUT2D eigenvalue weighted by Gasteiger charge is 2.22. The summed E-state index contributed by atoms with van der Waals surface area (Å²) in [6, 6.07) is 18.4. The molecule has 1 aromatic heterocycles. The molecule has 30 heavy (non-hydrogen) atoms. The van der Waals surface area contributed by atoms with Crippen molar-refractivity contribution in [2.24, 2.45) is 0 Å². The van der Waals surface area contributed by atoms with Crippen molar-refractivity contribution in [1.29, 1.82) is 0 Å². The Hall–Kier alpha value is -3.19. The molecule has 2 heterocycles. The van der Waals surface area contributed by atoms with Gasteiger partial charge < -0.3 is 10.0 Å². The second kappa shape index (κ2) is 9.09. The number of carbonyl (C=O) groups is 1. The third-order valence-electron chi connectivity index (χ3n) is 5.70. The molecule has 7 heteroatoms. The lowest BCUT2D eigenvalue weighted by Gasteiger charge is -2.31. The molecule has 1 aliphatic heterocycles. The number of nitrogens with zero attached hydrogens (tertiary/aromatic N) is 5. The smallest absolute Gasteiger partial charge is 0.407 e. The molecule has 156 valence electrons. The topological polar surface area (TPSA) is 74.5 Å². The van der Waals surface area contributed by atoms with Crippen molar-refractivity contribution in [3.8, 4) is 5.69 Å². The summed E-state index contributed by atoms with van der Waals surface area (Å²) in [5.74, 6) is 0.510. The van der Waals surface area contributed by atoms with Gasteiger partial charge in [0.2, 0.25) is 0 Å². The van der Waals surface area contributed by atoms with E-state index >= 15 is 0 Å². The highest BCUT2D eigenvalue weighted by Crippen LogP contribution is 2.29. The Morgan fingerprint density at radius 2 is 1.90 bits per heavy atom. The van der Waals surface area contributed by atoms with Gasteiger partial charge in [-0.2, -0.15) is 0 Å². The number of hydrogen-bond donors (Lipinski definition) is 1. The standard InChI is InChI=1S/C23H27N5O2/c1-26(23(29)30)15-18-6-5-7-20(14-18)19-10-12-27(13-11-19)16-21-17-28(25-24-21)22-8-3-2-4-9-22/h2-9,14,17,19H,10-13,15-16H2,1H3,(H,29,30). The molecule has 1 fully saturated rings. The third-order valence-corrected chi connectivity index (χ3v) is 5.70. The van der Waals surface area contributed by atoms with Crippen molar-refractivity contribution < 1.29 is 9.90 Å². The van der Waals surface area contributed by atoms with Crippen LogP contribution in [-0.4, -0.2) is 56.1 Å². The van der Waals surface area contributed by atoms with E-state index in [4.69, 9.17) is 5.11 Å². The van der Waals surface area contributed by atoms with E-state index in [2.05, 4.69) is 27.3 Å². The molecule has 1 amide bonds. The average Bonchev–Trinajstić information content (AvgIpc) is 3.23. The Morgan fingerprint density at radius 3 is 2.63 bits per heavy atom. The normalized spacial score (nSPS) is 15.2. The van der Waals surface area contributed by atoms with Crippen LogP contribution in [0.4, 0.5) is 4.79 Å². The van der Waals surface area contributed by atoms with Crippen LogP contribution in [0.2, 0.25) is 0 Å². The minimum Gasteiger partial charge on any atom is -0.465 e. The number of aromatic nitrogens is 3. The van der Waals surface area contributed by atoms with Gasteiger partial charge >= 0.3 is 6.09 Å². The van der Waals surface area contributed by atoms with E-state index in [-0.39, 0.29) is 0 Å². The number of rotatable bonds is 6. The molecule has 3 aromatic rings. The number of para-hydroxylation sites is 1. The molecule has 1 N–H and O–H groups in total. The first-order valence-electron chi connectivity index (χ1n) is 10.3. The van der Waals surface area contributed by atoms with E-state index in [9.17, 15) is 4.79 Å². The second-order valence-corrected chi connectivity index (χ2v) is 7.92. The van der Waals surface area contributed by atoms with E-state index in [0.717, 1.165) is 49.4 Å². The van der Waals surface area contributed by atoms with Crippen molar-refractivity contribution in [3.63, 3.8) is 0 Å². The minimum atomic E-state index is -0.905. The molecule has 0 saturated carbocycles. The fourth-order valence-electron chi connectivity index (χ4n) is 4.02. The van der Waals surface area contributed by atoms with Crippen molar-refractivity contribution >= 4 is 6.09 Å². The Bertz CT molecular complexity index is 980. The number of carboxylic acid groups (broad SMARTS) is 1. The molecule has 1 saturated heterocycles. The first kappa shape index (κ1) is 20.1. The monoisotopic (exact) mass is 405 g/mol. The van der Waals surface area contributed by atoms with E-state index in [0.29, 0.717) is 12.5 Å². The van der Waals surface area contributed by atoms with Crippen LogP contribution < -0.4 is 0 Å². The molecular weight excluding hydrogens is 378 g/mol. The summed E-state index contributed by atoms with van der Waals surface area (Å²) in [6.07, 6.45) is 3.28. The molecule has 0 aliphatic carbocycles. The lowest BCUT2D eigenvalue weighted by atomic mass is 9.88. The molecule has 0 atom stereocenters. The van der Waals surface area contributed by atoms with Gasteiger partial charge in [-0.3, -0.25) is 4.90 Å². The van der Waals surface area contributed by atoms with E-state index < -0.39 is 6.09 Å². The molecule has 0 bridgehead atoms. The van der Waals surface area contributed by atoms with Gasteiger partial charge in [0, 0.05) is 20.1 Å². The Balaban J connectivity index is 1.32. The summed E-state index contributed by atoms with van der Waals surface area (Å²) in [6.45, 7) is 3.26. The van der Waals surface area contributed by atoms with Crippen LogP contribution in [0, 0.1) is 0 Å². The average molecular weight is 406 g/mol. The zero-order chi connectivity index (χ0) is 20.9. The maximum absolute atomic E-state index is 11.1. The number of benzene rings is 2. The van der Waals surface area contributed by atoms with Crippen molar-refractivity contribution in [2.75, 3.05) is 20.1 Å². The van der Waals surface area contributed by atoms with Crippen LogP contribution in [-0.2, 0) is 13.1 Å². The largest absolute Gasteiger partial charge is 0.465 e. The summed E-state index contributed by atoms with van der Waals surface area (Å²) < 4.78 is 1.82. The minimum absolute atomic E-state index is 0.416. The van der Waals surface area contributed by atoms with Gasteiger partial charge in [0.15, 0.2) is 0 Å². The SMILES string of the molecule is CN(Cc1cccc(C2CCN(Cc3cn(-c4ccccc4)nn3)CC2)c1)C(=O)O. The third kappa shape index (κ3) is 4.86. The van der Waals surface area contributed by atoms with Gasteiger partial charge in [0.05, 0.1) is 17.6 Å². The predicted molar refractivity (Wildman–Crippen MR) is 115 cm³/mol. The fraction of sp³-hybridized carbons (Fsp3) is 0.348. The summed E-state index contributed by atoms with van der Waals surface area (Å²) >= 11 is 0. The maximum atomic E-state index is 11.1. The van der Waals surface area contributed by atoms with E-state index in [1.54, 1.807) is 7.05 Å². The number of likely N-dealkylation sites (tertiary alicyclic amines) is 1. The molecule has 7 nitrogen and oxygen atoms in total. The highest BCUT2D eigenvalue weighted by atomic mass is 16.4. The zero-order valence-corrected chi connectivity index (χ0v) is 17.2. The zero-order valence-electron chi connectivity index (χ0n) is 17.2. The van der Waals surface area contributed by atoms with Crippen LogP contribution in [0.25, 0.3) is 5.69 Å². The van der Waals surface area contributed by atoms with Gasteiger partial charge in [-0.05, 0) is 55.1 Å². The number of hydrogen-bond acceptors (Lipinski definition) is 4. The van der Waals surface area contributed by atoms with E-state index in [1.165, 1.54) is 10.5 Å². The summed E-state index contributed by atoms with van der Waals surface area (Å²) in [5.41, 5.74) is 4.35. The molecule has 0 unspecified atom stereocenters. The Kier molecular flexibility index (Phi) is 6.09. The second-order valence-electron chi connectivity index (χ2n) is 7.92.